The topological polar surface area (TPSA) is 82.6 Å². The number of aliphatic hydroxyl groups excluding tert-OH is 1. The van der Waals surface area contributed by atoms with Gasteiger partial charge in [-0.25, -0.2) is 0 Å². The average molecular weight is 306 g/mol. The monoisotopic (exact) mass is 306 g/mol. The Labute approximate surface area is 129 Å². The van der Waals surface area contributed by atoms with Crippen molar-refractivity contribution in [3.63, 3.8) is 0 Å². The fraction of sp³-hybridized carbons (Fsp3) is 0.500. The number of rotatable bonds is 5. The lowest BCUT2D eigenvalue weighted by molar-refractivity contribution is 0.0281. The molecule has 1 amide bonds. The number of aromatic nitrogens is 1. The number of hydrogen-bond acceptors (Lipinski definition) is 4. The smallest absolute Gasteiger partial charge is 0.270 e. The number of methoxy groups -OCH3 is 1. The predicted molar refractivity (Wildman–Crippen MR) is 83.1 cm³/mol. The van der Waals surface area contributed by atoms with E-state index < -0.39 is 0 Å². The number of piperidine rings is 1. The van der Waals surface area contributed by atoms with Gasteiger partial charge in [-0.1, -0.05) is 6.08 Å². The van der Waals surface area contributed by atoms with Gasteiger partial charge in [0.15, 0.2) is 5.75 Å². The predicted octanol–water partition coefficient (Wildman–Crippen LogP) is 1.17. The number of carbonyl (C=O) groups is 1. The van der Waals surface area contributed by atoms with E-state index in [1.165, 1.54) is 19.4 Å². The van der Waals surface area contributed by atoms with E-state index in [9.17, 15) is 14.7 Å². The lowest BCUT2D eigenvalue weighted by Crippen LogP contribution is -2.48. The molecule has 1 atom stereocenters. The summed E-state index contributed by atoms with van der Waals surface area (Å²) in [5, 5.41) is 9.70. The van der Waals surface area contributed by atoms with Crippen LogP contribution in [-0.2, 0) is 0 Å². The first-order valence-electron chi connectivity index (χ1n) is 7.33. The lowest BCUT2D eigenvalue weighted by atomic mass is 9.78. The normalized spacial score (nSPS) is 21.5. The number of pyridine rings is 1. The Kier molecular flexibility index (Phi) is 5.03. The molecule has 1 saturated heterocycles. The van der Waals surface area contributed by atoms with Crippen molar-refractivity contribution in [1.29, 1.82) is 0 Å². The molecule has 1 aromatic rings. The lowest BCUT2D eigenvalue weighted by Gasteiger charge is -2.41. The Bertz CT molecular complexity index is 610. The number of hydrogen-bond donors (Lipinski definition) is 2. The van der Waals surface area contributed by atoms with Crippen LogP contribution in [0.2, 0.25) is 0 Å². The zero-order chi connectivity index (χ0) is 16.2. The molecule has 0 bridgehead atoms. The van der Waals surface area contributed by atoms with Gasteiger partial charge in [-0.2, -0.15) is 0 Å². The van der Waals surface area contributed by atoms with E-state index in [0.717, 1.165) is 12.8 Å². The van der Waals surface area contributed by atoms with Crippen LogP contribution in [0.25, 0.3) is 0 Å². The van der Waals surface area contributed by atoms with Gasteiger partial charge in [0, 0.05) is 30.8 Å². The number of ether oxygens (including phenoxy) is 1. The number of aliphatic hydroxyl groups is 1. The average Bonchev–Trinajstić information content (AvgIpc) is 2.54. The Morgan fingerprint density at radius 3 is 3.00 bits per heavy atom. The zero-order valence-corrected chi connectivity index (χ0v) is 12.8. The van der Waals surface area contributed by atoms with Gasteiger partial charge in [-0.15, -0.1) is 6.58 Å². The largest absolute Gasteiger partial charge is 0.491 e. The standard InChI is InChI=1S/C16H22N2O4/c1-3-5-16(11-19)6-4-7-18(10-16)15(21)12-8-13(20)14(22-2)9-17-12/h3,8-9,19H,1,4-7,10-11H2,2H3,(H,17,20)/t16-/m0/s1. The molecule has 6 nitrogen and oxygen atoms in total. The Morgan fingerprint density at radius 2 is 2.41 bits per heavy atom. The Balaban J connectivity index is 2.20. The summed E-state index contributed by atoms with van der Waals surface area (Å²) in [4.78, 5) is 28.8. The highest BCUT2D eigenvalue weighted by Gasteiger charge is 2.36. The third kappa shape index (κ3) is 3.22. The van der Waals surface area contributed by atoms with E-state index in [0.29, 0.717) is 19.5 Å². The molecule has 6 heteroatoms. The van der Waals surface area contributed by atoms with E-state index in [4.69, 9.17) is 4.74 Å². The van der Waals surface area contributed by atoms with Crippen LogP contribution in [0.3, 0.4) is 0 Å². The highest BCUT2D eigenvalue weighted by Crippen LogP contribution is 2.33. The van der Waals surface area contributed by atoms with Crippen LogP contribution in [-0.4, -0.2) is 47.7 Å². The maximum absolute atomic E-state index is 12.6. The van der Waals surface area contributed by atoms with Gasteiger partial charge in [0.2, 0.25) is 5.43 Å². The number of amides is 1. The van der Waals surface area contributed by atoms with Crippen LogP contribution in [0.4, 0.5) is 0 Å². The van der Waals surface area contributed by atoms with Crippen LogP contribution in [0.5, 0.6) is 5.75 Å². The molecule has 120 valence electrons. The summed E-state index contributed by atoms with van der Waals surface area (Å²) in [6.45, 7) is 4.82. The molecule has 0 radical (unpaired) electrons. The molecule has 2 N–H and O–H groups in total. The van der Waals surface area contributed by atoms with E-state index in [2.05, 4.69) is 11.6 Å². The van der Waals surface area contributed by atoms with Crippen molar-refractivity contribution in [2.75, 3.05) is 26.8 Å². The second-order valence-corrected chi connectivity index (χ2v) is 5.76. The van der Waals surface area contributed by atoms with Crippen molar-refractivity contribution in [3.05, 3.63) is 40.8 Å². The summed E-state index contributed by atoms with van der Waals surface area (Å²) < 4.78 is 4.89. The number of likely N-dealkylation sites (tertiary alicyclic amines) is 1. The molecule has 0 aromatic carbocycles. The van der Waals surface area contributed by atoms with E-state index >= 15 is 0 Å². The second kappa shape index (κ2) is 6.79. The van der Waals surface area contributed by atoms with Crippen LogP contribution >= 0.6 is 0 Å². The molecule has 0 aliphatic carbocycles. The quantitative estimate of drug-likeness (QED) is 0.800. The second-order valence-electron chi connectivity index (χ2n) is 5.76. The van der Waals surface area contributed by atoms with Crippen molar-refractivity contribution < 1.29 is 14.6 Å². The van der Waals surface area contributed by atoms with Gasteiger partial charge in [0.1, 0.15) is 5.69 Å². The molecule has 2 heterocycles. The molecule has 0 spiro atoms. The van der Waals surface area contributed by atoms with Gasteiger partial charge in [0.05, 0.1) is 13.7 Å². The number of carbonyl (C=O) groups excluding carboxylic acids is 1. The number of nitrogens with zero attached hydrogens (tertiary/aromatic N) is 1. The number of aromatic amines is 1. The highest BCUT2D eigenvalue weighted by atomic mass is 16.5. The van der Waals surface area contributed by atoms with E-state index in [-0.39, 0.29) is 34.8 Å². The zero-order valence-electron chi connectivity index (χ0n) is 12.8. The maximum atomic E-state index is 12.6. The summed E-state index contributed by atoms with van der Waals surface area (Å²) in [6.07, 6.45) is 5.51. The van der Waals surface area contributed by atoms with Crippen LogP contribution < -0.4 is 10.2 Å². The first kappa shape index (κ1) is 16.3. The Morgan fingerprint density at radius 1 is 1.64 bits per heavy atom. The van der Waals surface area contributed by atoms with Gasteiger partial charge < -0.3 is 19.7 Å². The van der Waals surface area contributed by atoms with Crippen LogP contribution in [0.1, 0.15) is 29.8 Å². The summed E-state index contributed by atoms with van der Waals surface area (Å²) in [7, 11) is 1.40. The molecule has 1 fully saturated rings. The van der Waals surface area contributed by atoms with Crippen molar-refractivity contribution in [1.82, 2.24) is 9.88 Å². The minimum absolute atomic E-state index is 0.0158. The summed E-state index contributed by atoms with van der Waals surface area (Å²) in [5.41, 5.74) is -0.429. The molecule has 0 unspecified atom stereocenters. The molecular weight excluding hydrogens is 284 g/mol. The van der Waals surface area contributed by atoms with E-state index in [1.807, 2.05) is 0 Å². The van der Waals surface area contributed by atoms with Crippen molar-refractivity contribution in [2.24, 2.45) is 5.41 Å². The highest BCUT2D eigenvalue weighted by molar-refractivity contribution is 5.92. The third-order valence-electron chi connectivity index (χ3n) is 4.19. The van der Waals surface area contributed by atoms with Crippen LogP contribution in [0.15, 0.2) is 29.7 Å². The molecular formula is C16H22N2O4. The Hall–Kier alpha value is -2.08. The van der Waals surface area contributed by atoms with Crippen molar-refractivity contribution in [3.8, 4) is 5.75 Å². The van der Waals surface area contributed by atoms with E-state index in [1.54, 1.807) is 11.0 Å². The van der Waals surface area contributed by atoms with Gasteiger partial charge in [-0.3, -0.25) is 9.59 Å². The molecule has 2 rings (SSSR count). The molecule has 0 saturated carbocycles. The first-order chi connectivity index (χ1) is 10.5. The van der Waals surface area contributed by atoms with Gasteiger partial charge in [-0.05, 0) is 19.3 Å². The maximum Gasteiger partial charge on any atom is 0.270 e. The molecule has 22 heavy (non-hydrogen) atoms. The minimum atomic E-state index is -0.332. The number of allylic oxidation sites excluding steroid dienone is 1. The van der Waals surface area contributed by atoms with Crippen molar-refractivity contribution in [2.45, 2.75) is 19.3 Å². The minimum Gasteiger partial charge on any atom is -0.491 e. The number of nitrogens with one attached hydrogen (secondary N) is 1. The fourth-order valence-corrected chi connectivity index (χ4v) is 2.96. The molecule has 1 aromatic heterocycles. The molecule has 1 aliphatic heterocycles. The fourth-order valence-electron chi connectivity index (χ4n) is 2.96. The SMILES string of the molecule is C=CC[C@]1(CO)CCCN(C(=O)c2cc(=O)c(OC)c[nH]2)C1. The van der Waals surface area contributed by atoms with Crippen LogP contribution in [0, 0.1) is 5.41 Å². The van der Waals surface area contributed by atoms with Gasteiger partial charge in [0.25, 0.3) is 5.91 Å². The number of H-pyrrole nitrogens is 1. The van der Waals surface area contributed by atoms with Gasteiger partial charge >= 0.3 is 0 Å². The summed E-state index contributed by atoms with van der Waals surface area (Å²) in [5.74, 6) is -0.0621. The van der Waals surface area contributed by atoms with Crippen molar-refractivity contribution >= 4 is 5.91 Å². The summed E-state index contributed by atoms with van der Waals surface area (Å²) >= 11 is 0. The summed E-state index contributed by atoms with van der Waals surface area (Å²) in [6, 6.07) is 1.25. The molecule has 1 aliphatic rings. The third-order valence-corrected chi connectivity index (χ3v) is 4.19. The first-order valence-corrected chi connectivity index (χ1v) is 7.33.